The molecular weight excluding hydrogens is 390 g/mol. The van der Waals surface area contributed by atoms with Gasteiger partial charge in [0.2, 0.25) is 0 Å². The molecule has 0 bridgehead atoms. The SMILES string of the molecule is C=[C-]C1(C#N)CCC1.[CH2-]C1(C[CH-]Cc2cccc(-c3cc(F)cc(F)c3)c2F)CC1.[Li+]. The summed E-state index contributed by atoms with van der Waals surface area (Å²) in [6.07, 6.45) is 11.5. The van der Waals surface area contributed by atoms with Crippen molar-refractivity contribution in [2.45, 2.75) is 44.9 Å². The van der Waals surface area contributed by atoms with Crippen LogP contribution >= 0.6 is 0 Å². The molecule has 0 heterocycles. The van der Waals surface area contributed by atoms with Crippen LogP contribution < -0.4 is 18.9 Å². The van der Waals surface area contributed by atoms with Crippen molar-refractivity contribution in [2.24, 2.45) is 10.8 Å². The Kier molecular flexibility index (Phi) is 8.64. The minimum absolute atomic E-state index is 0. The van der Waals surface area contributed by atoms with Crippen molar-refractivity contribution in [3.8, 4) is 17.2 Å². The summed E-state index contributed by atoms with van der Waals surface area (Å²) in [5, 5.41) is 8.48. The number of hydrogen-bond acceptors (Lipinski definition) is 1. The Morgan fingerprint density at radius 3 is 2.19 bits per heavy atom. The van der Waals surface area contributed by atoms with Crippen LogP contribution in [0.15, 0.2) is 43.0 Å². The second-order valence-corrected chi connectivity index (χ2v) is 8.36. The first-order valence-electron chi connectivity index (χ1n) is 10.2. The third-order valence-electron chi connectivity index (χ3n) is 5.91. The molecule has 4 rings (SSSR count). The Bertz CT molecular complexity index is 935. The molecule has 158 valence electrons. The normalized spacial score (nSPS) is 17.1. The van der Waals surface area contributed by atoms with E-state index in [1.165, 1.54) is 6.07 Å². The average Bonchev–Trinajstić information content (AvgIpc) is 3.40. The topological polar surface area (TPSA) is 23.8 Å². The quantitative estimate of drug-likeness (QED) is 0.513. The molecule has 2 aromatic carbocycles. The minimum atomic E-state index is -0.709. The van der Waals surface area contributed by atoms with Crippen LogP contribution in [0, 0.1) is 59.0 Å². The van der Waals surface area contributed by atoms with Gasteiger partial charge in [0.15, 0.2) is 0 Å². The Hall–Kier alpha value is -1.94. The molecule has 2 aliphatic rings. The van der Waals surface area contributed by atoms with Crippen molar-refractivity contribution < 1.29 is 32.0 Å². The summed E-state index contributed by atoms with van der Waals surface area (Å²) >= 11 is 0. The van der Waals surface area contributed by atoms with E-state index in [4.69, 9.17) is 5.26 Å². The maximum Gasteiger partial charge on any atom is 1.00 e. The predicted molar refractivity (Wildman–Crippen MR) is 112 cm³/mol. The fourth-order valence-electron chi connectivity index (χ4n) is 3.44. The number of rotatable bonds is 6. The van der Waals surface area contributed by atoms with Crippen molar-refractivity contribution in [1.82, 2.24) is 0 Å². The number of halogens is 3. The molecule has 2 aliphatic carbocycles. The molecule has 1 nitrogen and oxygen atoms in total. The second-order valence-electron chi connectivity index (χ2n) is 8.36. The molecule has 0 aromatic heterocycles. The van der Waals surface area contributed by atoms with Crippen LogP contribution in [0.2, 0.25) is 0 Å². The summed E-state index contributed by atoms with van der Waals surface area (Å²) in [7, 11) is 0. The van der Waals surface area contributed by atoms with Crippen LogP contribution in [0.25, 0.3) is 11.1 Å². The van der Waals surface area contributed by atoms with Gasteiger partial charge in [0.05, 0.1) is 0 Å². The van der Waals surface area contributed by atoms with E-state index in [2.05, 4.69) is 25.6 Å². The number of allylic oxidation sites excluding steroid dienone is 1. The van der Waals surface area contributed by atoms with Gasteiger partial charge in [-0.2, -0.15) is 11.8 Å². The summed E-state index contributed by atoms with van der Waals surface area (Å²) in [5.74, 6) is -1.84. The predicted octanol–water partition coefficient (Wildman–Crippen LogP) is 4.20. The largest absolute Gasteiger partial charge is 1.00 e. The van der Waals surface area contributed by atoms with Crippen molar-refractivity contribution in [2.75, 3.05) is 0 Å². The molecule has 0 spiro atoms. The molecule has 0 saturated heterocycles. The van der Waals surface area contributed by atoms with Crippen molar-refractivity contribution >= 4 is 0 Å². The first-order valence-corrected chi connectivity index (χ1v) is 10.2. The van der Waals surface area contributed by atoms with Gasteiger partial charge in [-0.3, -0.25) is 6.58 Å². The van der Waals surface area contributed by atoms with E-state index in [9.17, 15) is 13.2 Å². The van der Waals surface area contributed by atoms with Gasteiger partial charge in [-0.15, -0.1) is 0 Å². The van der Waals surface area contributed by atoms with Crippen LogP contribution in [-0.2, 0) is 6.42 Å². The van der Waals surface area contributed by atoms with E-state index in [-0.39, 0.29) is 40.8 Å². The molecule has 31 heavy (non-hydrogen) atoms. The Balaban J connectivity index is 0.000000322. The summed E-state index contributed by atoms with van der Waals surface area (Å²) < 4.78 is 41.2. The Morgan fingerprint density at radius 2 is 1.74 bits per heavy atom. The molecule has 0 aliphatic heterocycles. The Labute approximate surface area is 195 Å². The maximum atomic E-state index is 14.6. The van der Waals surface area contributed by atoms with E-state index in [1.54, 1.807) is 12.1 Å². The number of nitrogens with zero attached hydrogens (tertiary/aromatic N) is 1. The Morgan fingerprint density at radius 1 is 1.10 bits per heavy atom. The van der Waals surface area contributed by atoms with Gasteiger partial charge in [-0.25, -0.2) is 24.9 Å². The third-order valence-corrected chi connectivity index (χ3v) is 5.91. The molecule has 5 heteroatoms. The summed E-state index contributed by atoms with van der Waals surface area (Å²) in [4.78, 5) is 0. The van der Waals surface area contributed by atoms with E-state index in [0.717, 1.165) is 56.7 Å². The van der Waals surface area contributed by atoms with Crippen LogP contribution in [0.4, 0.5) is 13.2 Å². The summed E-state index contributed by atoms with van der Waals surface area (Å²) in [6, 6.07) is 10.2. The standard InChI is InChI=1S/C19H17F3.C7H8N.Li/c1-19(8-9-19)7-3-5-13-4-2-6-17(18(13)22)14-10-15(20)12-16(21)11-14;1-2-7(6-8)4-3-5-7;/h2-4,6,10-12H,1,5,7-9H2;1,3-5H2;/q-2;-1;+1. The van der Waals surface area contributed by atoms with E-state index < -0.39 is 17.5 Å². The molecule has 0 unspecified atom stereocenters. The van der Waals surface area contributed by atoms with Crippen molar-refractivity contribution in [3.63, 3.8) is 0 Å². The van der Waals surface area contributed by atoms with Gasteiger partial charge in [0, 0.05) is 17.7 Å². The molecule has 0 atom stereocenters. The monoisotopic (exact) mass is 415 g/mol. The zero-order chi connectivity index (χ0) is 21.8. The van der Waals surface area contributed by atoms with Crippen molar-refractivity contribution in [3.05, 3.63) is 85.4 Å². The van der Waals surface area contributed by atoms with Gasteiger partial charge >= 0.3 is 18.9 Å². The fraction of sp³-hybridized carbons (Fsp3) is 0.346. The summed E-state index contributed by atoms with van der Waals surface area (Å²) in [5.41, 5.74) is 0.874. The average molecular weight is 415 g/mol. The van der Waals surface area contributed by atoms with Crippen molar-refractivity contribution in [1.29, 1.82) is 5.26 Å². The molecule has 2 fully saturated rings. The van der Waals surface area contributed by atoms with Gasteiger partial charge < -0.3 is 19.4 Å². The third kappa shape index (κ3) is 6.52. The molecule has 0 radical (unpaired) electrons. The number of nitriles is 1. The van der Waals surface area contributed by atoms with E-state index in [0.29, 0.717) is 12.0 Å². The smallest absolute Gasteiger partial charge is 0.483 e. The van der Waals surface area contributed by atoms with Gasteiger partial charge in [0.25, 0.3) is 0 Å². The second kappa shape index (κ2) is 10.6. The summed E-state index contributed by atoms with van der Waals surface area (Å²) in [6.45, 7) is 7.59. The molecule has 0 N–H and O–H groups in total. The zero-order valence-electron chi connectivity index (χ0n) is 18.0. The van der Waals surface area contributed by atoms with Gasteiger partial charge in [-0.05, 0) is 23.3 Å². The maximum absolute atomic E-state index is 14.6. The van der Waals surface area contributed by atoms with Crippen LogP contribution in [-0.4, -0.2) is 0 Å². The fourth-order valence-corrected chi connectivity index (χ4v) is 3.44. The van der Waals surface area contributed by atoms with E-state index in [1.807, 2.05) is 6.42 Å². The molecule has 0 amide bonds. The number of benzene rings is 2. The first kappa shape index (κ1) is 25.3. The number of hydrogen-bond donors (Lipinski definition) is 0. The van der Waals surface area contributed by atoms with Crippen LogP contribution in [0.3, 0.4) is 0 Å². The van der Waals surface area contributed by atoms with E-state index >= 15 is 0 Å². The zero-order valence-corrected chi connectivity index (χ0v) is 18.0. The van der Waals surface area contributed by atoms with Gasteiger partial charge in [0.1, 0.15) is 17.5 Å². The molecule has 2 saturated carbocycles. The van der Waals surface area contributed by atoms with Gasteiger partial charge in [-0.1, -0.05) is 55.7 Å². The molecular formula is C26H25F3LiN-2. The minimum Gasteiger partial charge on any atom is -0.483 e. The van der Waals surface area contributed by atoms with Crippen LogP contribution in [0.1, 0.15) is 44.1 Å². The van der Waals surface area contributed by atoms with Crippen LogP contribution in [0.5, 0.6) is 0 Å². The molecule has 2 aromatic rings. The first-order chi connectivity index (χ1) is 14.3.